The fraction of sp³-hybridized carbons (Fsp3) is 0.400. The topological polar surface area (TPSA) is 63.9 Å². The van der Waals surface area contributed by atoms with Gasteiger partial charge in [-0.15, -0.1) is 0 Å². The molecular formula is C20H22ClN5O2. The molecule has 2 aliphatic heterocycles. The van der Waals surface area contributed by atoms with Crippen LogP contribution in [0.3, 0.4) is 0 Å². The summed E-state index contributed by atoms with van der Waals surface area (Å²) in [6, 6.07) is 7.46. The van der Waals surface area contributed by atoms with Crippen LogP contribution in [0, 0.1) is 0 Å². The molecule has 5 rings (SSSR count). The second-order valence-electron chi connectivity index (χ2n) is 7.15. The molecule has 0 amide bonds. The summed E-state index contributed by atoms with van der Waals surface area (Å²) >= 11 is 6.32. The molecule has 1 aromatic carbocycles. The van der Waals surface area contributed by atoms with Gasteiger partial charge in [0.1, 0.15) is 23.4 Å². The van der Waals surface area contributed by atoms with Gasteiger partial charge in [-0.05, 0) is 25.1 Å². The van der Waals surface area contributed by atoms with E-state index in [1.54, 1.807) is 13.2 Å². The van der Waals surface area contributed by atoms with E-state index in [0.717, 1.165) is 56.2 Å². The van der Waals surface area contributed by atoms with Crippen molar-refractivity contribution in [2.24, 2.45) is 0 Å². The first-order valence-electron chi connectivity index (χ1n) is 9.54. The van der Waals surface area contributed by atoms with Crippen molar-refractivity contribution in [3.63, 3.8) is 0 Å². The maximum Gasteiger partial charge on any atom is 0.157 e. The normalized spacial score (nSPS) is 17.1. The van der Waals surface area contributed by atoms with Gasteiger partial charge in [-0.3, -0.25) is 0 Å². The van der Waals surface area contributed by atoms with Crippen molar-refractivity contribution in [2.75, 3.05) is 38.2 Å². The van der Waals surface area contributed by atoms with Crippen LogP contribution >= 0.6 is 11.6 Å². The maximum atomic E-state index is 6.32. The fourth-order valence-corrected chi connectivity index (χ4v) is 4.12. The molecule has 1 saturated heterocycles. The highest BCUT2D eigenvalue weighted by atomic mass is 35.5. The highest BCUT2D eigenvalue weighted by Gasteiger charge is 2.33. The molecule has 146 valence electrons. The average molecular weight is 400 g/mol. The molecule has 0 bridgehead atoms. The van der Waals surface area contributed by atoms with Gasteiger partial charge in [0.15, 0.2) is 5.65 Å². The molecule has 0 spiro atoms. The molecule has 3 aromatic rings. The van der Waals surface area contributed by atoms with Crippen LogP contribution in [-0.4, -0.2) is 54.0 Å². The Morgan fingerprint density at radius 3 is 2.86 bits per heavy atom. The lowest BCUT2D eigenvalue weighted by atomic mass is 10.1. The molecule has 1 fully saturated rings. The number of hydrogen-bond donors (Lipinski definition) is 1. The molecule has 0 radical (unpaired) electrons. The number of rotatable bonds is 4. The summed E-state index contributed by atoms with van der Waals surface area (Å²) < 4.78 is 13.3. The Morgan fingerprint density at radius 2 is 2.04 bits per heavy atom. The molecule has 0 saturated carbocycles. The number of ether oxygens (including phenoxy) is 2. The quantitative estimate of drug-likeness (QED) is 0.726. The Hall–Kier alpha value is -2.51. The van der Waals surface area contributed by atoms with Crippen LogP contribution < -0.4 is 19.7 Å². The first kappa shape index (κ1) is 17.6. The summed E-state index contributed by atoms with van der Waals surface area (Å²) in [4.78, 5) is 7.15. The minimum Gasteiger partial charge on any atom is -0.497 e. The fourth-order valence-electron chi connectivity index (χ4n) is 3.91. The largest absolute Gasteiger partial charge is 0.497 e. The van der Waals surface area contributed by atoms with E-state index in [9.17, 15) is 0 Å². The van der Waals surface area contributed by atoms with Gasteiger partial charge in [0.2, 0.25) is 0 Å². The standard InChI is InChI=1S/C20H22ClN5O2/c1-27-13-2-3-18(16(21)10-13)28-14-11-25(12-14)20-15-4-7-22-8-5-17(15)24-19-6-9-23-26(19)20/h2-3,6,9-10,14,22H,4-5,7-8,11-12H2,1H3. The van der Waals surface area contributed by atoms with Crippen LogP contribution in [0.1, 0.15) is 11.3 Å². The first-order valence-corrected chi connectivity index (χ1v) is 9.92. The van der Waals surface area contributed by atoms with Crippen molar-refractivity contribution in [3.05, 3.63) is 46.7 Å². The Morgan fingerprint density at radius 1 is 1.18 bits per heavy atom. The number of anilines is 1. The van der Waals surface area contributed by atoms with Crippen LogP contribution in [-0.2, 0) is 12.8 Å². The van der Waals surface area contributed by atoms with Gasteiger partial charge < -0.3 is 19.7 Å². The lowest BCUT2D eigenvalue weighted by molar-refractivity contribution is 0.166. The van der Waals surface area contributed by atoms with E-state index in [4.69, 9.17) is 26.1 Å². The number of hydrogen-bond acceptors (Lipinski definition) is 6. The summed E-state index contributed by atoms with van der Waals surface area (Å²) in [5.41, 5.74) is 3.37. The maximum absolute atomic E-state index is 6.32. The van der Waals surface area contributed by atoms with Gasteiger partial charge in [0.05, 0.1) is 37.1 Å². The number of nitrogens with zero attached hydrogens (tertiary/aromatic N) is 4. The Kier molecular flexibility index (Phi) is 4.49. The Bertz CT molecular complexity index is 1020. The second kappa shape index (κ2) is 7.14. The summed E-state index contributed by atoms with van der Waals surface area (Å²) in [6.45, 7) is 3.51. The summed E-state index contributed by atoms with van der Waals surface area (Å²) in [7, 11) is 1.62. The second-order valence-corrected chi connectivity index (χ2v) is 7.56. The van der Waals surface area contributed by atoms with Crippen LogP contribution in [0.5, 0.6) is 11.5 Å². The molecule has 7 nitrogen and oxygen atoms in total. The first-order chi connectivity index (χ1) is 13.7. The predicted molar refractivity (Wildman–Crippen MR) is 108 cm³/mol. The minimum atomic E-state index is 0.0872. The third kappa shape index (κ3) is 3.04. The van der Waals surface area contributed by atoms with Crippen molar-refractivity contribution >= 4 is 23.1 Å². The third-order valence-corrected chi connectivity index (χ3v) is 5.66. The van der Waals surface area contributed by atoms with Gasteiger partial charge in [-0.2, -0.15) is 9.61 Å². The number of nitrogens with one attached hydrogen (secondary N) is 1. The minimum absolute atomic E-state index is 0.0872. The Balaban J connectivity index is 1.38. The van der Waals surface area contributed by atoms with Crippen molar-refractivity contribution in [1.29, 1.82) is 0 Å². The zero-order valence-electron chi connectivity index (χ0n) is 15.7. The van der Waals surface area contributed by atoms with E-state index in [1.807, 2.05) is 28.9 Å². The highest BCUT2D eigenvalue weighted by Crippen LogP contribution is 2.33. The van der Waals surface area contributed by atoms with E-state index in [2.05, 4.69) is 15.3 Å². The number of benzene rings is 1. The van der Waals surface area contributed by atoms with Crippen molar-refractivity contribution in [2.45, 2.75) is 18.9 Å². The summed E-state index contributed by atoms with van der Waals surface area (Å²) in [5, 5.41) is 8.55. The molecule has 2 aromatic heterocycles. The monoisotopic (exact) mass is 399 g/mol. The molecular weight excluding hydrogens is 378 g/mol. The van der Waals surface area contributed by atoms with Gasteiger partial charge in [0, 0.05) is 30.7 Å². The van der Waals surface area contributed by atoms with Crippen LogP contribution in [0.15, 0.2) is 30.5 Å². The molecule has 0 atom stereocenters. The zero-order valence-corrected chi connectivity index (χ0v) is 16.4. The van der Waals surface area contributed by atoms with Crippen LogP contribution in [0.25, 0.3) is 5.65 Å². The zero-order chi connectivity index (χ0) is 19.1. The van der Waals surface area contributed by atoms with Crippen molar-refractivity contribution < 1.29 is 9.47 Å². The Labute approximate surface area is 168 Å². The third-order valence-electron chi connectivity index (χ3n) is 5.36. The van der Waals surface area contributed by atoms with Crippen molar-refractivity contribution in [3.8, 4) is 11.5 Å². The number of halogens is 1. The van der Waals surface area contributed by atoms with Gasteiger partial charge >= 0.3 is 0 Å². The molecule has 2 aliphatic rings. The van der Waals surface area contributed by atoms with Gasteiger partial charge in [0.25, 0.3) is 0 Å². The predicted octanol–water partition coefficient (Wildman–Crippen LogP) is 2.35. The van der Waals surface area contributed by atoms with E-state index in [0.29, 0.717) is 10.8 Å². The molecule has 28 heavy (non-hydrogen) atoms. The van der Waals surface area contributed by atoms with E-state index in [-0.39, 0.29) is 6.10 Å². The number of fused-ring (bicyclic) bond motifs is 2. The van der Waals surface area contributed by atoms with Gasteiger partial charge in [-0.1, -0.05) is 11.6 Å². The van der Waals surface area contributed by atoms with E-state index in [1.165, 1.54) is 11.3 Å². The van der Waals surface area contributed by atoms with E-state index < -0.39 is 0 Å². The molecule has 1 N–H and O–H groups in total. The van der Waals surface area contributed by atoms with E-state index >= 15 is 0 Å². The average Bonchev–Trinajstić information content (AvgIpc) is 3.01. The molecule has 0 aliphatic carbocycles. The lowest BCUT2D eigenvalue weighted by Gasteiger charge is -2.41. The van der Waals surface area contributed by atoms with Gasteiger partial charge in [-0.25, -0.2) is 4.98 Å². The smallest absolute Gasteiger partial charge is 0.157 e. The molecule has 8 heteroatoms. The summed E-state index contributed by atoms with van der Waals surface area (Å²) in [5.74, 6) is 2.56. The molecule has 0 unspecified atom stereocenters. The number of aromatic nitrogens is 3. The van der Waals surface area contributed by atoms with Crippen molar-refractivity contribution in [1.82, 2.24) is 19.9 Å². The highest BCUT2D eigenvalue weighted by molar-refractivity contribution is 6.32. The molecule has 4 heterocycles. The number of methoxy groups -OCH3 is 1. The van der Waals surface area contributed by atoms with Crippen LogP contribution in [0.2, 0.25) is 5.02 Å². The lowest BCUT2D eigenvalue weighted by Crippen LogP contribution is -2.55. The SMILES string of the molecule is COc1ccc(OC2CN(c3c4c(nc5ccnn35)CCNCC4)C2)c(Cl)c1. The summed E-state index contributed by atoms with van der Waals surface area (Å²) in [6.07, 6.45) is 3.80. The van der Waals surface area contributed by atoms with Crippen LogP contribution in [0.4, 0.5) is 5.82 Å².